The molecule has 5 nitrogen and oxygen atoms in total. The first-order valence-corrected chi connectivity index (χ1v) is 7.22. The van der Waals surface area contributed by atoms with Crippen LogP contribution < -0.4 is 14.9 Å². The van der Waals surface area contributed by atoms with E-state index in [0.717, 1.165) is 12.1 Å². The number of amides is 1. The molecule has 0 unspecified atom stereocenters. The van der Waals surface area contributed by atoms with E-state index in [2.05, 4.69) is 10.5 Å². The number of nitrogens with one attached hydrogen (secondary N) is 1. The van der Waals surface area contributed by atoms with Gasteiger partial charge in [0.15, 0.2) is 23.1 Å². The van der Waals surface area contributed by atoms with Crippen molar-refractivity contribution >= 4 is 11.6 Å². The lowest BCUT2D eigenvalue weighted by atomic mass is 10.1. The smallest absolute Gasteiger partial charge is 0.284 e. The summed E-state index contributed by atoms with van der Waals surface area (Å²) in [5, 5.41) is 3.89. The summed E-state index contributed by atoms with van der Waals surface area (Å²) in [6, 6.07) is 10.4. The molecule has 0 radical (unpaired) electrons. The van der Waals surface area contributed by atoms with Crippen LogP contribution in [0.25, 0.3) is 0 Å². The minimum Gasteiger partial charge on any atom is -0.485 e. The van der Waals surface area contributed by atoms with Crippen LogP contribution in [-0.2, 0) is 4.79 Å². The number of hydrogen-bond acceptors (Lipinski definition) is 4. The molecule has 0 spiro atoms. The highest BCUT2D eigenvalue weighted by molar-refractivity contribution is 5.99. The Kier molecular flexibility index (Phi) is 4.41. The maximum atomic E-state index is 13.2. The lowest BCUT2D eigenvalue weighted by Gasteiger charge is -2.24. The van der Waals surface area contributed by atoms with Gasteiger partial charge in [-0.2, -0.15) is 5.10 Å². The monoisotopic (exact) mass is 332 g/mol. The third-order valence-electron chi connectivity index (χ3n) is 3.47. The Morgan fingerprint density at radius 1 is 1.17 bits per heavy atom. The largest absolute Gasteiger partial charge is 0.485 e. The number of fused-ring (bicyclic) bond motifs is 1. The molecule has 0 fully saturated rings. The highest BCUT2D eigenvalue weighted by atomic mass is 19.2. The first-order valence-electron chi connectivity index (χ1n) is 7.22. The minimum absolute atomic E-state index is 0.0581. The lowest BCUT2D eigenvalue weighted by molar-refractivity contribution is -0.130. The van der Waals surface area contributed by atoms with Crippen molar-refractivity contribution in [3.63, 3.8) is 0 Å². The lowest BCUT2D eigenvalue weighted by Crippen LogP contribution is -2.42. The van der Waals surface area contributed by atoms with E-state index in [1.165, 1.54) is 6.07 Å². The van der Waals surface area contributed by atoms with Crippen LogP contribution in [0, 0.1) is 11.6 Å². The van der Waals surface area contributed by atoms with E-state index >= 15 is 0 Å². The van der Waals surface area contributed by atoms with Crippen molar-refractivity contribution in [2.24, 2.45) is 5.10 Å². The summed E-state index contributed by atoms with van der Waals surface area (Å²) >= 11 is 0. The topological polar surface area (TPSA) is 59.9 Å². The quantitative estimate of drug-likeness (QED) is 0.694. The number of rotatable bonds is 3. The zero-order chi connectivity index (χ0) is 17.1. The van der Waals surface area contributed by atoms with Gasteiger partial charge in [-0.25, -0.2) is 14.2 Å². The Labute approximate surface area is 136 Å². The molecule has 0 saturated heterocycles. The van der Waals surface area contributed by atoms with Gasteiger partial charge in [0, 0.05) is 5.56 Å². The molecule has 0 saturated carbocycles. The second kappa shape index (κ2) is 6.66. The summed E-state index contributed by atoms with van der Waals surface area (Å²) in [6.45, 7) is 1.63. The van der Waals surface area contributed by atoms with Gasteiger partial charge in [-0.15, -0.1) is 0 Å². The Morgan fingerprint density at radius 3 is 2.67 bits per heavy atom. The van der Waals surface area contributed by atoms with E-state index in [1.807, 2.05) is 0 Å². The van der Waals surface area contributed by atoms with Gasteiger partial charge >= 0.3 is 0 Å². The average molecular weight is 332 g/mol. The van der Waals surface area contributed by atoms with Gasteiger partial charge in [-0.1, -0.05) is 12.1 Å². The highest BCUT2D eigenvalue weighted by Gasteiger charge is 2.27. The third kappa shape index (κ3) is 3.34. The van der Waals surface area contributed by atoms with Crippen molar-refractivity contribution in [1.29, 1.82) is 0 Å². The molecule has 0 aliphatic carbocycles. The first kappa shape index (κ1) is 15.9. The molecule has 2 aromatic rings. The van der Waals surface area contributed by atoms with Crippen LogP contribution in [0.5, 0.6) is 11.5 Å². The fourth-order valence-corrected chi connectivity index (χ4v) is 2.15. The molecule has 2 aromatic carbocycles. The number of para-hydroxylation sites is 2. The molecule has 3 rings (SSSR count). The zero-order valence-electron chi connectivity index (χ0n) is 12.8. The van der Waals surface area contributed by atoms with Gasteiger partial charge in [0.2, 0.25) is 6.10 Å². The fourth-order valence-electron chi connectivity index (χ4n) is 2.15. The van der Waals surface area contributed by atoms with Crippen LogP contribution in [0.4, 0.5) is 8.78 Å². The summed E-state index contributed by atoms with van der Waals surface area (Å²) in [6.07, 6.45) is -0.846. The summed E-state index contributed by atoms with van der Waals surface area (Å²) in [5.74, 6) is -1.37. The second-order valence-corrected chi connectivity index (χ2v) is 5.17. The van der Waals surface area contributed by atoms with E-state index < -0.39 is 23.6 Å². The summed E-state index contributed by atoms with van der Waals surface area (Å²) < 4.78 is 37.1. The molecule has 0 aromatic heterocycles. The number of carbonyl (C=O) groups excluding carboxylic acids is 1. The number of hydrogen-bond donors (Lipinski definition) is 1. The Hall–Kier alpha value is -2.96. The standard InChI is InChI=1S/C17H14F2N2O3/c1-10(11-6-7-12(18)13(19)8-11)20-21-17(22)16-9-23-14-4-2-3-5-15(14)24-16/h2-8,16H,9H2,1H3,(H,21,22)/b20-10-/t16-/m1/s1. The molecular weight excluding hydrogens is 318 g/mol. The molecular formula is C17H14F2N2O3. The Balaban J connectivity index is 1.66. The molecule has 1 atom stereocenters. The number of hydrazone groups is 1. The normalized spacial score (nSPS) is 16.6. The van der Waals surface area contributed by atoms with Crippen molar-refractivity contribution in [2.75, 3.05) is 6.61 Å². The van der Waals surface area contributed by atoms with Gasteiger partial charge in [0.05, 0.1) is 5.71 Å². The maximum Gasteiger partial charge on any atom is 0.284 e. The molecule has 1 aliphatic heterocycles. The number of halogens is 2. The molecule has 0 bridgehead atoms. The van der Waals surface area contributed by atoms with E-state index in [1.54, 1.807) is 31.2 Å². The van der Waals surface area contributed by atoms with E-state index in [4.69, 9.17) is 9.47 Å². The molecule has 1 aliphatic rings. The number of nitrogens with zero attached hydrogens (tertiary/aromatic N) is 1. The van der Waals surface area contributed by atoms with Crippen molar-refractivity contribution in [1.82, 2.24) is 5.43 Å². The maximum absolute atomic E-state index is 13.2. The molecule has 24 heavy (non-hydrogen) atoms. The zero-order valence-corrected chi connectivity index (χ0v) is 12.8. The van der Waals surface area contributed by atoms with Gasteiger partial charge in [-0.05, 0) is 37.3 Å². The molecule has 7 heteroatoms. The van der Waals surface area contributed by atoms with Gasteiger partial charge < -0.3 is 9.47 Å². The average Bonchev–Trinajstić information content (AvgIpc) is 2.61. The van der Waals surface area contributed by atoms with E-state index in [-0.39, 0.29) is 6.61 Å². The van der Waals surface area contributed by atoms with Crippen LogP contribution in [0.1, 0.15) is 12.5 Å². The molecule has 1 heterocycles. The highest BCUT2D eigenvalue weighted by Crippen LogP contribution is 2.30. The van der Waals surface area contributed by atoms with E-state index in [0.29, 0.717) is 22.8 Å². The number of carbonyl (C=O) groups is 1. The van der Waals surface area contributed by atoms with Crippen LogP contribution in [0.3, 0.4) is 0 Å². The molecule has 1 amide bonds. The molecule has 124 valence electrons. The SMILES string of the molecule is C/C(=N/NC(=O)[C@H]1COc2ccccc2O1)c1ccc(F)c(F)c1. The third-order valence-corrected chi connectivity index (χ3v) is 3.47. The van der Waals surface area contributed by atoms with Gasteiger partial charge in [-0.3, -0.25) is 4.79 Å². The minimum atomic E-state index is -0.978. The predicted octanol–water partition coefficient (Wildman–Crippen LogP) is 2.65. The summed E-state index contributed by atoms with van der Waals surface area (Å²) in [7, 11) is 0. The van der Waals surface area contributed by atoms with Crippen LogP contribution in [-0.4, -0.2) is 24.3 Å². The van der Waals surface area contributed by atoms with Crippen molar-refractivity contribution in [2.45, 2.75) is 13.0 Å². The first-order chi connectivity index (χ1) is 11.5. The summed E-state index contributed by atoms with van der Waals surface area (Å²) in [5.41, 5.74) is 3.04. The van der Waals surface area contributed by atoms with Crippen molar-refractivity contribution in [3.8, 4) is 11.5 Å². The van der Waals surface area contributed by atoms with Crippen LogP contribution >= 0.6 is 0 Å². The molecule has 1 N–H and O–H groups in total. The van der Waals surface area contributed by atoms with Gasteiger partial charge in [0.1, 0.15) is 6.61 Å². The number of ether oxygens (including phenoxy) is 2. The Morgan fingerprint density at radius 2 is 1.92 bits per heavy atom. The van der Waals surface area contributed by atoms with Crippen LogP contribution in [0.15, 0.2) is 47.6 Å². The fraction of sp³-hybridized carbons (Fsp3) is 0.176. The van der Waals surface area contributed by atoms with Crippen molar-refractivity contribution in [3.05, 3.63) is 59.7 Å². The second-order valence-electron chi connectivity index (χ2n) is 5.17. The van der Waals surface area contributed by atoms with E-state index in [9.17, 15) is 13.6 Å². The van der Waals surface area contributed by atoms with Gasteiger partial charge in [0.25, 0.3) is 5.91 Å². The van der Waals surface area contributed by atoms with Crippen molar-refractivity contribution < 1.29 is 23.0 Å². The Bertz CT molecular complexity index is 808. The predicted molar refractivity (Wildman–Crippen MR) is 83.1 cm³/mol. The number of benzene rings is 2. The van der Waals surface area contributed by atoms with Crippen LogP contribution in [0.2, 0.25) is 0 Å². The summed E-state index contributed by atoms with van der Waals surface area (Å²) in [4.78, 5) is 12.1.